The van der Waals surface area contributed by atoms with E-state index >= 15 is 0 Å². The SMILES string of the molecule is Cc1cc(-c2cccc(C3=Nc4cc(C)c(Cl)cc4NC(=O)C3)c2)c(C)cn1. The molecular formula is C23H20ClN3O. The van der Waals surface area contributed by atoms with Crippen LogP contribution in [0.1, 0.15) is 28.8 Å². The van der Waals surface area contributed by atoms with Gasteiger partial charge in [-0.15, -0.1) is 0 Å². The van der Waals surface area contributed by atoms with E-state index in [-0.39, 0.29) is 12.3 Å². The Kier molecular flexibility index (Phi) is 4.73. The van der Waals surface area contributed by atoms with Crippen LogP contribution in [0.25, 0.3) is 11.1 Å². The number of aliphatic imine (C=N–C) groups is 1. The molecule has 1 aliphatic heterocycles. The van der Waals surface area contributed by atoms with Gasteiger partial charge in [0.15, 0.2) is 0 Å². The topological polar surface area (TPSA) is 54.4 Å². The second-order valence-electron chi connectivity index (χ2n) is 7.12. The molecule has 4 rings (SSSR count). The van der Waals surface area contributed by atoms with Crippen LogP contribution in [0.3, 0.4) is 0 Å². The normalized spacial score (nSPS) is 13.4. The van der Waals surface area contributed by atoms with Crippen molar-refractivity contribution in [1.82, 2.24) is 4.98 Å². The Bertz CT molecular complexity index is 1130. The highest BCUT2D eigenvalue weighted by Crippen LogP contribution is 2.34. The van der Waals surface area contributed by atoms with Crippen LogP contribution >= 0.6 is 11.6 Å². The first kappa shape index (κ1) is 18.4. The zero-order valence-electron chi connectivity index (χ0n) is 16.0. The molecule has 0 bridgehead atoms. The molecule has 0 saturated heterocycles. The predicted octanol–water partition coefficient (Wildman–Crippen LogP) is 5.79. The van der Waals surface area contributed by atoms with Crippen LogP contribution in [0.15, 0.2) is 53.7 Å². The minimum Gasteiger partial charge on any atom is -0.324 e. The average Bonchev–Trinajstić information content (AvgIpc) is 2.82. The lowest BCUT2D eigenvalue weighted by Gasteiger charge is -2.10. The number of amides is 1. The van der Waals surface area contributed by atoms with Gasteiger partial charge >= 0.3 is 0 Å². The molecule has 0 atom stereocenters. The third kappa shape index (κ3) is 3.56. The van der Waals surface area contributed by atoms with Crippen molar-refractivity contribution in [2.75, 3.05) is 5.32 Å². The number of hydrogen-bond acceptors (Lipinski definition) is 3. The van der Waals surface area contributed by atoms with Crippen molar-refractivity contribution in [2.45, 2.75) is 27.2 Å². The van der Waals surface area contributed by atoms with Crippen LogP contribution in [-0.4, -0.2) is 16.6 Å². The molecule has 1 amide bonds. The number of rotatable bonds is 2. The summed E-state index contributed by atoms with van der Waals surface area (Å²) in [5.41, 5.74) is 8.27. The summed E-state index contributed by atoms with van der Waals surface area (Å²) < 4.78 is 0. The number of fused-ring (bicyclic) bond motifs is 1. The van der Waals surface area contributed by atoms with Crippen LogP contribution in [0, 0.1) is 20.8 Å². The molecule has 1 aromatic heterocycles. The molecule has 0 spiro atoms. The highest BCUT2D eigenvalue weighted by atomic mass is 35.5. The van der Waals surface area contributed by atoms with Gasteiger partial charge in [-0.05, 0) is 72.9 Å². The van der Waals surface area contributed by atoms with Crippen molar-refractivity contribution in [1.29, 1.82) is 0 Å². The van der Waals surface area contributed by atoms with Crippen molar-refractivity contribution < 1.29 is 4.79 Å². The summed E-state index contributed by atoms with van der Waals surface area (Å²) in [4.78, 5) is 21.6. The number of halogens is 1. The molecule has 28 heavy (non-hydrogen) atoms. The minimum atomic E-state index is -0.0984. The van der Waals surface area contributed by atoms with Gasteiger partial charge < -0.3 is 5.32 Å². The Labute approximate surface area is 169 Å². The monoisotopic (exact) mass is 389 g/mol. The number of pyridine rings is 1. The second kappa shape index (κ2) is 7.21. The maximum absolute atomic E-state index is 12.4. The van der Waals surface area contributed by atoms with Crippen molar-refractivity contribution in [3.8, 4) is 11.1 Å². The summed E-state index contributed by atoms with van der Waals surface area (Å²) in [5, 5.41) is 3.52. The van der Waals surface area contributed by atoms with Crippen LogP contribution < -0.4 is 5.32 Å². The fraction of sp³-hybridized carbons (Fsp3) is 0.174. The van der Waals surface area contributed by atoms with Crippen LogP contribution in [0.2, 0.25) is 5.02 Å². The maximum Gasteiger partial charge on any atom is 0.230 e. The molecule has 2 aromatic carbocycles. The summed E-state index contributed by atoms with van der Waals surface area (Å²) in [7, 11) is 0. The lowest BCUT2D eigenvalue weighted by molar-refractivity contribution is -0.115. The van der Waals surface area contributed by atoms with Crippen molar-refractivity contribution >= 4 is 34.6 Å². The van der Waals surface area contributed by atoms with Gasteiger partial charge in [-0.3, -0.25) is 14.8 Å². The van der Waals surface area contributed by atoms with Gasteiger partial charge in [-0.25, -0.2) is 0 Å². The number of nitrogens with zero attached hydrogens (tertiary/aromatic N) is 2. The van der Waals surface area contributed by atoms with Gasteiger partial charge in [0.1, 0.15) is 0 Å². The third-order valence-corrected chi connectivity index (χ3v) is 5.29. The average molecular weight is 390 g/mol. The Morgan fingerprint density at radius 2 is 1.79 bits per heavy atom. The van der Waals surface area contributed by atoms with E-state index in [1.54, 1.807) is 6.07 Å². The van der Waals surface area contributed by atoms with Crippen LogP contribution in [0.5, 0.6) is 0 Å². The lowest BCUT2D eigenvalue weighted by Crippen LogP contribution is -2.15. The number of nitrogens with one attached hydrogen (secondary N) is 1. The fourth-order valence-electron chi connectivity index (χ4n) is 3.36. The van der Waals surface area contributed by atoms with E-state index in [1.165, 1.54) is 0 Å². The molecule has 0 unspecified atom stereocenters. The molecule has 0 aliphatic carbocycles. The Hall–Kier alpha value is -2.98. The minimum absolute atomic E-state index is 0.0984. The van der Waals surface area contributed by atoms with Crippen LogP contribution in [0.4, 0.5) is 11.4 Å². The quantitative estimate of drug-likeness (QED) is 0.603. The Morgan fingerprint density at radius 3 is 2.61 bits per heavy atom. The van der Waals surface area contributed by atoms with E-state index in [2.05, 4.69) is 28.5 Å². The van der Waals surface area contributed by atoms with E-state index in [1.807, 2.05) is 45.2 Å². The smallest absolute Gasteiger partial charge is 0.230 e. The van der Waals surface area contributed by atoms with Crippen LogP contribution in [-0.2, 0) is 4.79 Å². The number of hydrogen-bond donors (Lipinski definition) is 1. The van der Waals surface area contributed by atoms with Gasteiger partial charge in [0.2, 0.25) is 5.91 Å². The summed E-state index contributed by atoms with van der Waals surface area (Å²) in [5.74, 6) is -0.0984. The van der Waals surface area contributed by atoms with E-state index < -0.39 is 0 Å². The number of aryl methyl sites for hydroxylation is 3. The van der Waals surface area contributed by atoms with Crippen molar-refractivity contribution in [3.05, 3.63) is 76.1 Å². The van der Waals surface area contributed by atoms with E-state index in [9.17, 15) is 4.79 Å². The third-order valence-electron chi connectivity index (χ3n) is 4.88. The molecule has 1 N–H and O–H groups in total. The molecular weight excluding hydrogens is 370 g/mol. The largest absolute Gasteiger partial charge is 0.324 e. The van der Waals surface area contributed by atoms with Gasteiger partial charge in [-0.1, -0.05) is 29.8 Å². The molecule has 0 radical (unpaired) electrons. The van der Waals surface area contributed by atoms with E-state index in [0.717, 1.165) is 44.9 Å². The summed E-state index contributed by atoms with van der Waals surface area (Å²) in [6, 6.07) is 13.9. The summed E-state index contributed by atoms with van der Waals surface area (Å²) in [6.45, 7) is 5.96. The van der Waals surface area contributed by atoms with E-state index in [0.29, 0.717) is 10.7 Å². The number of benzene rings is 2. The summed E-state index contributed by atoms with van der Waals surface area (Å²) in [6.07, 6.45) is 2.10. The zero-order chi connectivity index (χ0) is 19.8. The summed E-state index contributed by atoms with van der Waals surface area (Å²) >= 11 is 6.21. The van der Waals surface area contributed by atoms with Crippen molar-refractivity contribution in [3.63, 3.8) is 0 Å². The standard InChI is InChI=1S/C23H20ClN3O/c1-13-7-21-22(10-19(13)24)27-23(28)11-20(26-21)17-6-4-5-16(9-17)18-8-15(3)25-12-14(18)2/h4-10,12H,11H2,1-3H3,(H,27,28). The number of carbonyl (C=O) groups excluding carboxylic acids is 1. The lowest BCUT2D eigenvalue weighted by atomic mass is 9.97. The molecule has 3 aromatic rings. The van der Waals surface area contributed by atoms with Gasteiger partial charge in [0.05, 0.1) is 23.5 Å². The molecule has 5 heteroatoms. The van der Waals surface area contributed by atoms with Gasteiger partial charge in [0.25, 0.3) is 0 Å². The molecule has 2 heterocycles. The fourth-order valence-corrected chi connectivity index (χ4v) is 3.53. The Morgan fingerprint density at radius 1 is 1.00 bits per heavy atom. The number of aromatic nitrogens is 1. The number of carbonyl (C=O) groups is 1. The van der Waals surface area contributed by atoms with E-state index in [4.69, 9.17) is 16.6 Å². The highest BCUT2D eigenvalue weighted by molar-refractivity contribution is 6.32. The molecule has 0 saturated carbocycles. The first-order valence-electron chi connectivity index (χ1n) is 9.12. The number of anilines is 1. The first-order chi connectivity index (χ1) is 13.4. The Balaban J connectivity index is 1.82. The predicted molar refractivity (Wildman–Crippen MR) is 115 cm³/mol. The van der Waals surface area contributed by atoms with Gasteiger partial charge in [-0.2, -0.15) is 0 Å². The first-order valence-corrected chi connectivity index (χ1v) is 9.50. The molecule has 1 aliphatic rings. The zero-order valence-corrected chi connectivity index (χ0v) is 16.8. The highest BCUT2D eigenvalue weighted by Gasteiger charge is 2.19. The molecule has 4 nitrogen and oxygen atoms in total. The van der Waals surface area contributed by atoms with Gasteiger partial charge in [0, 0.05) is 16.9 Å². The molecule has 0 fully saturated rings. The molecule has 140 valence electrons. The maximum atomic E-state index is 12.4. The van der Waals surface area contributed by atoms with Crippen molar-refractivity contribution in [2.24, 2.45) is 4.99 Å². The second-order valence-corrected chi connectivity index (χ2v) is 7.53.